The van der Waals surface area contributed by atoms with Gasteiger partial charge in [0.2, 0.25) is 0 Å². The molecule has 0 amide bonds. The number of carbonyl (C=O) groups is 1. The lowest BCUT2D eigenvalue weighted by Gasteiger charge is -2.36. The van der Waals surface area contributed by atoms with Crippen molar-refractivity contribution < 1.29 is 22.7 Å². The molecule has 0 aliphatic heterocycles. The van der Waals surface area contributed by atoms with Gasteiger partial charge in [0.1, 0.15) is 5.54 Å². The Morgan fingerprint density at radius 3 is 2.33 bits per heavy atom. The van der Waals surface area contributed by atoms with Crippen LogP contribution in [0, 0.1) is 5.92 Å². The maximum atomic E-state index is 12.5. The first kappa shape index (κ1) is 18.2. The van der Waals surface area contributed by atoms with Crippen LogP contribution in [0.3, 0.4) is 0 Å². The molecule has 1 N–H and O–H groups in total. The Hall–Kier alpha value is -0.820. The van der Waals surface area contributed by atoms with Gasteiger partial charge in [0.25, 0.3) is 0 Å². The van der Waals surface area contributed by atoms with Gasteiger partial charge in [0, 0.05) is 6.54 Å². The van der Waals surface area contributed by atoms with E-state index in [2.05, 4.69) is 5.32 Å². The van der Waals surface area contributed by atoms with Crippen molar-refractivity contribution >= 4 is 5.97 Å². The number of hydrogen-bond acceptors (Lipinski definition) is 4. The molecule has 1 aliphatic carbocycles. The zero-order valence-corrected chi connectivity index (χ0v) is 12.9. The second-order valence-electron chi connectivity index (χ2n) is 5.68. The highest BCUT2D eigenvalue weighted by atomic mass is 19.4. The number of rotatable bonds is 9. The van der Waals surface area contributed by atoms with Crippen molar-refractivity contribution in [2.45, 2.75) is 44.8 Å². The van der Waals surface area contributed by atoms with Crippen LogP contribution in [-0.4, -0.2) is 55.9 Å². The average molecular weight is 310 g/mol. The van der Waals surface area contributed by atoms with Crippen molar-refractivity contribution in [3.63, 3.8) is 0 Å². The molecule has 1 saturated carbocycles. The summed E-state index contributed by atoms with van der Waals surface area (Å²) in [5.41, 5.74) is -1.02. The van der Waals surface area contributed by atoms with E-state index in [1.54, 1.807) is 6.92 Å². The third-order valence-corrected chi connectivity index (χ3v) is 3.57. The quantitative estimate of drug-likeness (QED) is 0.663. The highest BCUT2D eigenvalue weighted by molar-refractivity contribution is 5.82. The highest BCUT2D eigenvalue weighted by Gasteiger charge is 2.52. The lowest BCUT2D eigenvalue weighted by molar-refractivity contribution is -0.159. The van der Waals surface area contributed by atoms with Crippen LogP contribution < -0.4 is 5.32 Å². The van der Waals surface area contributed by atoms with Crippen LogP contribution in [0.15, 0.2) is 0 Å². The van der Waals surface area contributed by atoms with Gasteiger partial charge in [-0.2, -0.15) is 13.2 Å². The van der Waals surface area contributed by atoms with Gasteiger partial charge in [-0.15, -0.1) is 0 Å². The molecule has 0 aromatic heterocycles. The Morgan fingerprint density at radius 1 is 1.29 bits per heavy atom. The first-order chi connectivity index (χ1) is 9.75. The summed E-state index contributed by atoms with van der Waals surface area (Å²) in [5, 5.41) is 3.16. The first-order valence-corrected chi connectivity index (χ1v) is 7.42. The molecule has 1 rings (SSSR count). The Balaban J connectivity index is 2.85. The average Bonchev–Trinajstić information content (AvgIpc) is 3.16. The number of likely N-dealkylation sites (N-methyl/N-ethyl adjacent to an activating group) is 1. The molecule has 1 unspecified atom stereocenters. The number of nitrogens with one attached hydrogen (secondary N) is 1. The fourth-order valence-corrected chi connectivity index (χ4v) is 2.60. The molecular formula is C14H25F3N2O2. The molecule has 4 nitrogen and oxygen atoms in total. The van der Waals surface area contributed by atoms with Gasteiger partial charge in [0.05, 0.1) is 13.2 Å². The van der Waals surface area contributed by atoms with Gasteiger partial charge >= 0.3 is 12.1 Å². The lowest BCUT2D eigenvalue weighted by atomic mass is 9.92. The molecule has 0 aromatic rings. The molecule has 1 fully saturated rings. The summed E-state index contributed by atoms with van der Waals surface area (Å²) in [6, 6.07) is 0. The normalized spacial score (nSPS) is 18.6. The van der Waals surface area contributed by atoms with Gasteiger partial charge < -0.3 is 10.1 Å². The highest BCUT2D eigenvalue weighted by Crippen LogP contribution is 2.41. The minimum Gasteiger partial charge on any atom is -0.465 e. The van der Waals surface area contributed by atoms with Gasteiger partial charge in [-0.1, -0.05) is 6.92 Å². The second-order valence-corrected chi connectivity index (χ2v) is 5.68. The van der Waals surface area contributed by atoms with Gasteiger partial charge in [-0.05, 0) is 45.7 Å². The molecular weight excluding hydrogens is 285 g/mol. The largest absolute Gasteiger partial charge is 0.465 e. The van der Waals surface area contributed by atoms with E-state index < -0.39 is 24.2 Å². The van der Waals surface area contributed by atoms with Crippen molar-refractivity contribution in [2.24, 2.45) is 5.92 Å². The molecule has 1 aliphatic rings. The van der Waals surface area contributed by atoms with E-state index in [1.807, 2.05) is 6.92 Å². The van der Waals surface area contributed by atoms with E-state index in [1.165, 1.54) is 7.05 Å². The van der Waals surface area contributed by atoms with Crippen molar-refractivity contribution in [2.75, 3.05) is 33.3 Å². The van der Waals surface area contributed by atoms with E-state index >= 15 is 0 Å². The number of hydrogen-bond donors (Lipinski definition) is 1. The Labute approximate surface area is 124 Å². The van der Waals surface area contributed by atoms with E-state index in [4.69, 9.17) is 4.74 Å². The Morgan fingerprint density at radius 2 is 1.90 bits per heavy atom. The molecule has 0 heterocycles. The number of nitrogens with zero attached hydrogens (tertiary/aromatic N) is 1. The maximum Gasteiger partial charge on any atom is 0.401 e. The fraction of sp³-hybridized carbons (Fsp3) is 0.929. The lowest BCUT2D eigenvalue weighted by Crippen LogP contribution is -2.61. The van der Waals surface area contributed by atoms with Crippen LogP contribution >= 0.6 is 0 Å². The zero-order valence-electron chi connectivity index (χ0n) is 12.9. The molecule has 0 bridgehead atoms. The number of alkyl halides is 3. The first-order valence-electron chi connectivity index (χ1n) is 7.42. The Kier molecular flexibility index (Phi) is 6.46. The summed E-state index contributed by atoms with van der Waals surface area (Å²) >= 11 is 0. The minimum atomic E-state index is -4.27. The standard InChI is InChI=1S/C14H25F3N2O2/c1-4-8-18-13(11-6-7-11,12(20)21-5-2)9-19(3)10-14(15,16)17/h11,18H,4-10H2,1-3H3. The van der Waals surface area contributed by atoms with Crippen LogP contribution in [-0.2, 0) is 9.53 Å². The van der Waals surface area contributed by atoms with Gasteiger partial charge in [-0.3, -0.25) is 4.90 Å². The summed E-state index contributed by atoms with van der Waals surface area (Å²) in [6.07, 6.45) is -1.79. The van der Waals surface area contributed by atoms with Crippen LogP contribution in [0.25, 0.3) is 0 Å². The predicted molar refractivity (Wildman–Crippen MR) is 73.9 cm³/mol. The van der Waals surface area contributed by atoms with E-state index in [0.717, 1.165) is 24.2 Å². The maximum absolute atomic E-state index is 12.5. The molecule has 0 spiro atoms. The Bertz CT molecular complexity index is 346. The summed E-state index contributed by atoms with van der Waals surface area (Å²) in [7, 11) is 1.39. The number of carbonyl (C=O) groups excluding carboxylic acids is 1. The molecule has 7 heteroatoms. The van der Waals surface area contributed by atoms with Gasteiger partial charge in [0.15, 0.2) is 0 Å². The topological polar surface area (TPSA) is 41.6 Å². The van der Waals surface area contributed by atoms with Crippen molar-refractivity contribution in [1.82, 2.24) is 10.2 Å². The molecule has 124 valence electrons. The fourth-order valence-electron chi connectivity index (χ4n) is 2.60. The summed E-state index contributed by atoms with van der Waals surface area (Å²) < 4.78 is 42.7. The van der Waals surface area contributed by atoms with E-state index in [9.17, 15) is 18.0 Å². The van der Waals surface area contributed by atoms with Crippen LogP contribution in [0.4, 0.5) is 13.2 Å². The third-order valence-electron chi connectivity index (χ3n) is 3.57. The predicted octanol–water partition coefficient (Wildman–Crippen LogP) is 2.19. The number of ether oxygens (including phenoxy) is 1. The molecule has 0 aromatic carbocycles. The smallest absolute Gasteiger partial charge is 0.401 e. The van der Waals surface area contributed by atoms with Crippen LogP contribution in [0.1, 0.15) is 33.1 Å². The molecule has 1 atom stereocenters. The molecule has 0 saturated heterocycles. The van der Waals surface area contributed by atoms with E-state index in [-0.39, 0.29) is 19.1 Å². The molecule has 21 heavy (non-hydrogen) atoms. The zero-order chi connectivity index (χ0) is 16.1. The molecule has 0 radical (unpaired) electrons. The summed E-state index contributed by atoms with van der Waals surface area (Å²) in [4.78, 5) is 13.5. The number of halogens is 3. The summed E-state index contributed by atoms with van der Waals surface area (Å²) in [6.45, 7) is 3.44. The SMILES string of the molecule is CCCNC(CN(C)CC(F)(F)F)(C(=O)OCC)C1CC1. The van der Waals surface area contributed by atoms with Crippen LogP contribution in [0.2, 0.25) is 0 Å². The van der Waals surface area contributed by atoms with Crippen molar-refractivity contribution in [1.29, 1.82) is 0 Å². The number of esters is 1. The van der Waals surface area contributed by atoms with Crippen LogP contribution in [0.5, 0.6) is 0 Å². The van der Waals surface area contributed by atoms with E-state index in [0.29, 0.717) is 6.54 Å². The van der Waals surface area contributed by atoms with Crippen molar-refractivity contribution in [3.8, 4) is 0 Å². The monoisotopic (exact) mass is 310 g/mol. The summed E-state index contributed by atoms with van der Waals surface area (Å²) in [5.74, 6) is -0.381. The third kappa shape index (κ3) is 5.47. The minimum absolute atomic E-state index is 0.00993. The van der Waals surface area contributed by atoms with Gasteiger partial charge in [-0.25, -0.2) is 4.79 Å². The second kappa shape index (κ2) is 7.45. The van der Waals surface area contributed by atoms with Crippen molar-refractivity contribution in [3.05, 3.63) is 0 Å².